The first-order chi connectivity index (χ1) is 10.8. The lowest BCUT2D eigenvalue weighted by atomic mass is 10.0. The second-order valence-corrected chi connectivity index (χ2v) is 6.71. The smallest absolute Gasteiger partial charge is 0.318 e. The molecule has 1 N–H and O–H groups in total. The van der Waals surface area contributed by atoms with Crippen LogP contribution in [0.5, 0.6) is 0 Å². The summed E-state index contributed by atoms with van der Waals surface area (Å²) in [7, 11) is 0. The Kier molecular flexibility index (Phi) is 5.29. The van der Waals surface area contributed by atoms with Crippen molar-refractivity contribution in [3.05, 3.63) is 29.8 Å². The van der Waals surface area contributed by atoms with Crippen molar-refractivity contribution in [1.82, 2.24) is 10.2 Å². The van der Waals surface area contributed by atoms with E-state index in [2.05, 4.69) is 31.3 Å². The lowest BCUT2D eigenvalue weighted by molar-refractivity contribution is -0.124. The number of urea groups is 1. The Labute approximate surface area is 138 Å². The van der Waals surface area contributed by atoms with Crippen molar-refractivity contribution in [2.75, 3.05) is 18.0 Å². The average molecular weight is 317 g/mol. The molecular formula is C18H27N3O2. The van der Waals surface area contributed by atoms with E-state index in [0.717, 1.165) is 5.69 Å². The van der Waals surface area contributed by atoms with Crippen molar-refractivity contribution in [3.63, 3.8) is 0 Å². The van der Waals surface area contributed by atoms with Gasteiger partial charge in [0.25, 0.3) is 0 Å². The van der Waals surface area contributed by atoms with E-state index in [1.165, 1.54) is 5.56 Å². The highest BCUT2D eigenvalue weighted by molar-refractivity contribution is 6.00. The predicted octanol–water partition coefficient (Wildman–Crippen LogP) is 2.97. The quantitative estimate of drug-likeness (QED) is 0.932. The number of nitrogens with zero attached hydrogens (tertiary/aromatic N) is 2. The molecule has 1 unspecified atom stereocenters. The Hall–Kier alpha value is -2.04. The molecule has 1 atom stereocenters. The minimum atomic E-state index is -0.452. The van der Waals surface area contributed by atoms with Crippen LogP contribution < -0.4 is 10.2 Å². The Balaban J connectivity index is 2.10. The molecule has 1 heterocycles. The molecule has 1 fully saturated rings. The lowest BCUT2D eigenvalue weighted by Gasteiger charge is -2.39. The summed E-state index contributed by atoms with van der Waals surface area (Å²) in [6, 6.07) is 7.55. The number of amides is 3. The van der Waals surface area contributed by atoms with Gasteiger partial charge in [-0.3, -0.25) is 4.79 Å². The zero-order valence-electron chi connectivity index (χ0n) is 14.7. The van der Waals surface area contributed by atoms with Gasteiger partial charge in [-0.15, -0.1) is 0 Å². The number of nitrogens with one attached hydrogen (secondary N) is 1. The first kappa shape index (κ1) is 17.3. The molecule has 2 rings (SSSR count). The molecule has 1 aromatic rings. The van der Waals surface area contributed by atoms with Gasteiger partial charge in [-0.1, -0.05) is 26.0 Å². The summed E-state index contributed by atoms with van der Waals surface area (Å²) in [4.78, 5) is 28.2. The van der Waals surface area contributed by atoms with E-state index in [1.54, 1.807) is 16.7 Å². The second kappa shape index (κ2) is 7.02. The largest absolute Gasteiger partial charge is 0.336 e. The van der Waals surface area contributed by atoms with Crippen LogP contribution in [0.3, 0.4) is 0 Å². The Morgan fingerprint density at radius 3 is 2.26 bits per heavy atom. The Morgan fingerprint density at radius 2 is 1.74 bits per heavy atom. The summed E-state index contributed by atoms with van der Waals surface area (Å²) in [5.41, 5.74) is 2.15. The van der Waals surface area contributed by atoms with Crippen molar-refractivity contribution in [3.8, 4) is 0 Å². The zero-order valence-corrected chi connectivity index (χ0v) is 14.7. The number of hydrogen-bond acceptors (Lipinski definition) is 2. The summed E-state index contributed by atoms with van der Waals surface area (Å²) in [5.74, 6) is 0.433. The monoisotopic (exact) mass is 317 g/mol. The van der Waals surface area contributed by atoms with Gasteiger partial charge >= 0.3 is 6.03 Å². The van der Waals surface area contributed by atoms with Crippen molar-refractivity contribution in [2.24, 2.45) is 0 Å². The molecule has 5 heteroatoms. The van der Waals surface area contributed by atoms with Crippen LogP contribution in [0.1, 0.15) is 46.1 Å². The highest BCUT2D eigenvalue weighted by atomic mass is 16.2. The molecule has 0 saturated carbocycles. The second-order valence-electron chi connectivity index (χ2n) is 6.71. The number of carbonyl (C=O) groups excluding carboxylic acids is 2. The van der Waals surface area contributed by atoms with E-state index < -0.39 is 6.04 Å². The average Bonchev–Trinajstić information content (AvgIpc) is 2.49. The summed E-state index contributed by atoms with van der Waals surface area (Å²) in [6.45, 7) is 11.0. The first-order valence-electron chi connectivity index (χ1n) is 8.29. The molecule has 3 amide bonds. The van der Waals surface area contributed by atoms with Crippen LogP contribution in [0.2, 0.25) is 0 Å². The molecule has 1 aliphatic heterocycles. The normalized spacial score (nSPS) is 18.7. The molecule has 0 radical (unpaired) electrons. The molecule has 126 valence electrons. The molecule has 1 aliphatic rings. The molecule has 1 saturated heterocycles. The van der Waals surface area contributed by atoms with Gasteiger partial charge in [0.15, 0.2) is 0 Å². The first-order valence-corrected chi connectivity index (χ1v) is 8.29. The fraction of sp³-hybridized carbons (Fsp3) is 0.556. The molecule has 0 aliphatic carbocycles. The van der Waals surface area contributed by atoms with Crippen LogP contribution in [-0.4, -0.2) is 42.0 Å². The molecule has 5 nitrogen and oxygen atoms in total. The number of piperazine rings is 1. The maximum absolute atomic E-state index is 12.6. The van der Waals surface area contributed by atoms with E-state index in [9.17, 15) is 9.59 Å². The number of carbonyl (C=O) groups is 2. The van der Waals surface area contributed by atoms with Gasteiger partial charge in [-0.05, 0) is 44.4 Å². The summed E-state index contributed by atoms with van der Waals surface area (Å²) < 4.78 is 0. The van der Waals surface area contributed by atoms with Crippen LogP contribution in [0, 0.1) is 0 Å². The van der Waals surface area contributed by atoms with Crippen LogP contribution in [0.4, 0.5) is 10.5 Å². The predicted molar refractivity (Wildman–Crippen MR) is 92.7 cm³/mol. The van der Waals surface area contributed by atoms with Gasteiger partial charge < -0.3 is 15.1 Å². The molecule has 23 heavy (non-hydrogen) atoms. The van der Waals surface area contributed by atoms with E-state index in [1.807, 2.05) is 26.0 Å². The summed E-state index contributed by atoms with van der Waals surface area (Å²) >= 11 is 0. The Morgan fingerprint density at radius 1 is 1.13 bits per heavy atom. The van der Waals surface area contributed by atoms with Gasteiger partial charge in [0.05, 0.1) is 0 Å². The van der Waals surface area contributed by atoms with Gasteiger partial charge in [0.1, 0.15) is 6.04 Å². The SMILES string of the molecule is CC(C)NC(=O)N1CCN(c2ccc(C(C)C)cc2)C(=O)C1C. The minimum absolute atomic E-state index is 0.0348. The standard InChI is InChI=1S/C18H27N3O2/c1-12(2)15-6-8-16(9-7-15)21-11-10-20(14(5)17(21)22)18(23)19-13(3)4/h6-9,12-14H,10-11H2,1-5H3,(H,19,23). The van der Waals surface area contributed by atoms with E-state index >= 15 is 0 Å². The van der Waals surface area contributed by atoms with Crippen LogP contribution >= 0.6 is 0 Å². The number of rotatable bonds is 3. The van der Waals surface area contributed by atoms with E-state index in [0.29, 0.717) is 19.0 Å². The van der Waals surface area contributed by atoms with Crippen LogP contribution in [0.25, 0.3) is 0 Å². The maximum atomic E-state index is 12.6. The Bertz CT molecular complexity index is 566. The molecule has 0 aromatic heterocycles. The minimum Gasteiger partial charge on any atom is -0.336 e. The zero-order chi connectivity index (χ0) is 17.1. The van der Waals surface area contributed by atoms with Gasteiger partial charge in [0, 0.05) is 24.8 Å². The molecule has 0 spiro atoms. The molecule has 0 bridgehead atoms. The highest BCUT2D eigenvalue weighted by Crippen LogP contribution is 2.23. The number of hydrogen-bond donors (Lipinski definition) is 1. The highest BCUT2D eigenvalue weighted by Gasteiger charge is 2.35. The fourth-order valence-corrected chi connectivity index (χ4v) is 2.77. The van der Waals surface area contributed by atoms with Crippen LogP contribution in [-0.2, 0) is 4.79 Å². The summed E-state index contributed by atoms with van der Waals surface area (Å²) in [5, 5.41) is 2.85. The number of anilines is 1. The van der Waals surface area contributed by atoms with Gasteiger partial charge in [0.2, 0.25) is 5.91 Å². The topological polar surface area (TPSA) is 52.7 Å². The van der Waals surface area contributed by atoms with Crippen molar-refractivity contribution in [2.45, 2.75) is 52.6 Å². The van der Waals surface area contributed by atoms with E-state index in [4.69, 9.17) is 0 Å². The van der Waals surface area contributed by atoms with Gasteiger partial charge in [-0.2, -0.15) is 0 Å². The van der Waals surface area contributed by atoms with Crippen molar-refractivity contribution < 1.29 is 9.59 Å². The number of benzene rings is 1. The third-order valence-corrected chi connectivity index (χ3v) is 4.20. The van der Waals surface area contributed by atoms with E-state index in [-0.39, 0.29) is 18.0 Å². The van der Waals surface area contributed by atoms with Crippen molar-refractivity contribution >= 4 is 17.6 Å². The lowest BCUT2D eigenvalue weighted by Crippen LogP contribution is -2.60. The third-order valence-electron chi connectivity index (χ3n) is 4.20. The van der Waals surface area contributed by atoms with Gasteiger partial charge in [-0.25, -0.2) is 4.79 Å². The molecule has 1 aromatic carbocycles. The fourth-order valence-electron chi connectivity index (χ4n) is 2.77. The maximum Gasteiger partial charge on any atom is 0.318 e. The third kappa shape index (κ3) is 3.84. The summed E-state index contributed by atoms with van der Waals surface area (Å²) in [6.07, 6.45) is 0. The van der Waals surface area contributed by atoms with Crippen LogP contribution in [0.15, 0.2) is 24.3 Å². The molecular weight excluding hydrogens is 290 g/mol. The van der Waals surface area contributed by atoms with Crippen molar-refractivity contribution in [1.29, 1.82) is 0 Å².